The van der Waals surface area contributed by atoms with Crippen LogP contribution in [0.5, 0.6) is 0 Å². The minimum Gasteiger partial charge on any atom is -0.351 e. The van der Waals surface area contributed by atoms with Crippen LogP contribution in [0.4, 0.5) is 9.18 Å². The predicted molar refractivity (Wildman–Crippen MR) is 108 cm³/mol. The fraction of sp³-hybridized carbons (Fsp3) is 0.0952. The molecule has 1 aliphatic heterocycles. The molecule has 1 heterocycles. The molecule has 3 amide bonds. The van der Waals surface area contributed by atoms with Gasteiger partial charge in [0.25, 0.3) is 11.1 Å². The van der Waals surface area contributed by atoms with Crippen molar-refractivity contribution in [1.29, 1.82) is 0 Å². The number of benzene rings is 2. The molecule has 0 aliphatic carbocycles. The van der Waals surface area contributed by atoms with E-state index in [1.165, 1.54) is 24.3 Å². The molecule has 7 heteroatoms. The van der Waals surface area contributed by atoms with Crippen molar-refractivity contribution in [2.24, 2.45) is 0 Å². The van der Waals surface area contributed by atoms with Crippen molar-refractivity contribution in [1.82, 2.24) is 10.2 Å². The number of amides is 3. The normalized spacial score (nSPS) is 15.6. The lowest BCUT2D eigenvalue weighted by atomic mass is 10.2. The van der Waals surface area contributed by atoms with Gasteiger partial charge in [0.05, 0.1) is 4.91 Å². The monoisotopic (exact) mass is 396 g/mol. The summed E-state index contributed by atoms with van der Waals surface area (Å²) in [6.07, 6.45) is 4.43. The van der Waals surface area contributed by atoms with Gasteiger partial charge < -0.3 is 5.32 Å². The van der Waals surface area contributed by atoms with E-state index in [9.17, 15) is 18.8 Å². The van der Waals surface area contributed by atoms with Gasteiger partial charge in [0.1, 0.15) is 5.82 Å². The molecule has 0 spiro atoms. The molecule has 0 unspecified atom stereocenters. The second kappa shape index (κ2) is 9.14. The Morgan fingerprint density at radius 1 is 1.07 bits per heavy atom. The van der Waals surface area contributed by atoms with Gasteiger partial charge in [-0.25, -0.2) is 4.39 Å². The van der Waals surface area contributed by atoms with Crippen LogP contribution in [0.1, 0.15) is 11.1 Å². The van der Waals surface area contributed by atoms with Crippen LogP contribution in [0, 0.1) is 5.82 Å². The average molecular weight is 396 g/mol. The summed E-state index contributed by atoms with van der Waals surface area (Å²) in [7, 11) is 0. The fourth-order valence-electron chi connectivity index (χ4n) is 2.51. The van der Waals surface area contributed by atoms with Gasteiger partial charge in [0.2, 0.25) is 5.91 Å². The molecular weight excluding hydrogens is 379 g/mol. The Labute approximate surface area is 165 Å². The third-order valence-corrected chi connectivity index (χ3v) is 4.83. The number of rotatable bonds is 6. The van der Waals surface area contributed by atoms with Gasteiger partial charge in [-0.15, -0.1) is 0 Å². The van der Waals surface area contributed by atoms with Crippen molar-refractivity contribution >= 4 is 41.0 Å². The van der Waals surface area contributed by atoms with E-state index in [-0.39, 0.29) is 29.5 Å². The zero-order chi connectivity index (χ0) is 19.9. The first-order valence-electron chi connectivity index (χ1n) is 8.55. The molecule has 5 nitrogen and oxygen atoms in total. The van der Waals surface area contributed by atoms with E-state index in [0.717, 1.165) is 22.2 Å². The summed E-state index contributed by atoms with van der Waals surface area (Å²) in [4.78, 5) is 37.5. The fourth-order valence-corrected chi connectivity index (χ4v) is 3.37. The molecule has 0 atom stereocenters. The first-order valence-corrected chi connectivity index (χ1v) is 9.37. The molecule has 142 valence electrons. The van der Waals surface area contributed by atoms with Crippen molar-refractivity contribution in [3.8, 4) is 0 Å². The third-order valence-electron chi connectivity index (χ3n) is 3.93. The molecule has 2 aromatic carbocycles. The highest BCUT2D eigenvalue weighted by molar-refractivity contribution is 8.18. The van der Waals surface area contributed by atoms with Gasteiger partial charge in [-0.2, -0.15) is 0 Å². The molecule has 0 radical (unpaired) electrons. The predicted octanol–water partition coefficient (Wildman–Crippen LogP) is 3.69. The highest BCUT2D eigenvalue weighted by atomic mass is 32.2. The molecular formula is C21H17FN2O3S. The second-order valence-corrected chi connectivity index (χ2v) is 6.88. The van der Waals surface area contributed by atoms with E-state index >= 15 is 0 Å². The topological polar surface area (TPSA) is 66.5 Å². The van der Waals surface area contributed by atoms with Gasteiger partial charge in [0, 0.05) is 24.7 Å². The van der Waals surface area contributed by atoms with E-state index < -0.39 is 17.0 Å². The number of hydrogen-bond acceptors (Lipinski definition) is 4. The highest BCUT2D eigenvalue weighted by Crippen LogP contribution is 2.32. The van der Waals surface area contributed by atoms with Crippen molar-refractivity contribution in [3.63, 3.8) is 0 Å². The summed E-state index contributed by atoms with van der Waals surface area (Å²) in [6, 6.07) is 15.4. The summed E-state index contributed by atoms with van der Waals surface area (Å²) >= 11 is 0.757. The number of nitrogens with zero attached hydrogens (tertiary/aromatic N) is 1. The molecule has 0 saturated carbocycles. The minimum atomic E-state index is -0.493. The largest absolute Gasteiger partial charge is 0.351 e. The zero-order valence-electron chi connectivity index (χ0n) is 14.8. The molecule has 1 fully saturated rings. The molecule has 0 bridgehead atoms. The average Bonchev–Trinajstić information content (AvgIpc) is 2.96. The molecule has 28 heavy (non-hydrogen) atoms. The molecule has 1 saturated heterocycles. The Kier molecular flexibility index (Phi) is 6.39. The highest BCUT2D eigenvalue weighted by Gasteiger charge is 2.34. The number of carbonyl (C=O) groups excluding carboxylic acids is 3. The van der Waals surface area contributed by atoms with Crippen molar-refractivity contribution in [2.45, 2.75) is 0 Å². The van der Waals surface area contributed by atoms with Gasteiger partial charge in [-0.05, 0) is 35.5 Å². The van der Waals surface area contributed by atoms with Crippen LogP contribution in [-0.4, -0.2) is 35.0 Å². The van der Waals surface area contributed by atoms with Crippen molar-refractivity contribution in [3.05, 3.63) is 82.5 Å². The Balaban J connectivity index is 1.54. The molecule has 2 aromatic rings. The Hall–Kier alpha value is -3.19. The van der Waals surface area contributed by atoms with Crippen LogP contribution in [0.2, 0.25) is 0 Å². The van der Waals surface area contributed by atoms with Crippen molar-refractivity contribution < 1.29 is 18.8 Å². The third kappa shape index (κ3) is 4.95. The first kappa shape index (κ1) is 19.6. The standard InChI is InChI=1S/C21H17FN2O3S/c22-17-9-5-4-8-16(17)14-18-20(26)24(21(27)28-18)13-12-23-19(25)11-10-15-6-2-1-3-7-15/h1-11,14H,12-13H2,(H,23,25)/b11-10+,18-14-. The van der Waals surface area contributed by atoms with Crippen LogP contribution < -0.4 is 5.32 Å². The minimum absolute atomic E-state index is 0.0458. The maximum Gasteiger partial charge on any atom is 0.293 e. The van der Waals surface area contributed by atoms with Crippen LogP contribution in [0.3, 0.4) is 0 Å². The van der Waals surface area contributed by atoms with Crippen LogP contribution in [0.15, 0.2) is 65.6 Å². The number of imide groups is 1. The van der Waals surface area contributed by atoms with Crippen LogP contribution >= 0.6 is 11.8 Å². The SMILES string of the molecule is O=C(/C=C/c1ccccc1)NCCN1C(=O)S/C(=C\c2ccccc2F)C1=O. The van der Waals surface area contributed by atoms with E-state index in [4.69, 9.17) is 0 Å². The Morgan fingerprint density at radius 3 is 2.54 bits per heavy atom. The molecule has 1 N–H and O–H groups in total. The lowest BCUT2D eigenvalue weighted by molar-refractivity contribution is -0.123. The lowest BCUT2D eigenvalue weighted by Crippen LogP contribution is -2.36. The maximum absolute atomic E-state index is 13.7. The number of hydrogen-bond donors (Lipinski definition) is 1. The summed E-state index contributed by atoms with van der Waals surface area (Å²) in [5, 5.41) is 2.19. The summed E-state index contributed by atoms with van der Waals surface area (Å²) in [6.45, 7) is 0.174. The Bertz CT molecular complexity index is 957. The van der Waals surface area contributed by atoms with Gasteiger partial charge in [0.15, 0.2) is 0 Å². The van der Waals surface area contributed by atoms with Gasteiger partial charge >= 0.3 is 0 Å². The molecule has 0 aromatic heterocycles. The van der Waals surface area contributed by atoms with Gasteiger partial charge in [-0.3, -0.25) is 19.3 Å². The Morgan fingerprint density at radius 2 is 1.79 bits per heavy atom. The van der Waals surface area contributed by atoms with E-state index in [2.05, 4.69) is 5.32 Å². The summed E-state index contributed by atoms with van der Waals surface area (Å²) < 4.78 is 13.7. The molecule has 3 rings (SSSR count). The van der Waals surface area contributed by atoms with E-state index in [1.54, 1.807) is 18.2 Å². The van der Waals surface area contributed by atoms with Crippen LogP contribution in [0.25, 0.3) is 12.2 Å². The van der Waals surface area contributed by atoms with E-state index in [1.807, 2.05) is 30.3 Å². The first-order chi connectivity index (χ1) is 13.5. The summed E-state index contributed by atoms with van der Waals surface area (Å²) in [5.41, 5.74) is 1.13. The van der Waals surface area contributed by atoms with Crippen LogP contribution in [-0.2, 0) is 9.59 Å². The van der Waals surface area contributed by atoms with E-state index in [0.29, 0.717) is 0 Å². The quantitative estimate of drug-likeness (QED) is 0.757. The number of halogens is 1. The lowest BCUT2D eigenvalue weighted by Gasteiger charge is -2.12. The number of nitrogens with one attached hydrogen (secondary N) is 1. The summed E-state index contributed by atoms with van der Waals surface area (Å²) in [5.74, 6) is -1.28. The number of thioether (sulfide) groups is 1. The second-order valence-electron chi connectivity index (χ2n) is 5.89. The molecule has 1 aliphatic rings. The van der Waals surface area contributed by atoms with Crippen molar-refractivity contribution in [2.75, 3.05) is 13.1 Å². The van der Waals surface area contributed by atoms with Gasteiger partial charge in [-0.1, -0.05) is 48.5 Å². The zero-order valence-corrected chi connectivity index (χ0v) is 15.6. The number of carbonyl (C=O) groups is 3. The maximum atomic E-state index is 13.7. The smallest absolute Gasteiger partial charge is 0.293 e.